The Morgan fingerprint density at radius 2 is 2.11 bits per heavy atom. The Bertz CT molecular complexity index is 359. The molecule has 0 atom stereocenters. The van der Waals surface area contributed by atoms with Crippen LogP contribution in [0.25, 0.3) is 0 Å². The molecule has 1 saturated heterocycles. The van der Waals surface area contributed by atoms with E-state index in [9.17, 15) is 4.79 Å². The molecule has 0 N–H and O–H groups in total. The van der Waals surface area contributed by atoms with E-state index in [1.807, 2.05) is 17.0 Å². The highest BCUT2D eigenvalue weighted by atomic mass is 35.5. The zero-order chi connectivity index (χ0) is 12.8. The number of furan rings is 1. The standard InChI is InChI=1S/C13H19ClN2O2/c14-5-1-4-13(17)16-8-6-15(7-9-16)11-12-3-2-10-18-12/h2-3,10H,1,4-9,11H2. The topological polar surface area (TPSA) is 36.7 Å². The number of halogens is 1. The van der Waals surface area contributed by atoms with Crippen LogP contribution in [0.3, 0.4) is 0 Å². The smallest absolute Gasteiger partial charge is 0.222 e. The first-order chi connectivity index (χ1) is 8.79. The lowest BCUT2D eigenvalue weighted by Gasteiger charge is -2.34. The summed E-state index contributed by atoms with van der Waals surface area (Å²) in [6.07, 6.45) is 3.04. The Labute approximate surface area is 112 Å². The van der Waals surface area contributed by atoms with Gasteiger partial charge in [0.1, 0.15) is 5.76 Å². The molecule has 0 radical (unpaired) electrons. The second-order valence-corrected chi connectivity index (χ2v) is 4.91. The van der Waals surface area contributed by atoms with E-state index in [2.05, 4.69) is 4.90 Å². The van der Waals surface area contributed by atoms with Gasteiger partial charge in [0.05, 0.1) is 12.8 Å². The first-order valence-corrected chi connectivity index (χ1v) is 6.91. The average Bonchev–Trinajstić information content (AvgIpc) is 2.89. The minimum absolute atomic E-state index is 0.230. The highest BCUT2D eigenvalue weighted by molar-refractivity contribution is 6.17. The number of carbonyl (C=O) groups excluding carboxylic acids is 1. The maximum absolute atomic E-state index is 11.8. The second kappa shape index (κ2) is 6.81. The van der Waals surface area contributed by atoms with Crippen molar-refractivity contribution in [2.45, 2.75) is 19.4 Å². The summed E-state index contributed by atoms with van der Waals surface area (Å²) in [5, 5.41) is 0. The number of amides is 1. The lowest BCUT2D eigenvalue weighted by molar-refractivity contribution is -0.133. The van der Waals surface area contributed by atoms with E-state index < -0.39 is 0 Å². The van der Waals surface area contributed by atoms with E-state index in [-0.39, 0.29) is 5.91 Å². The molecule has 0 unspecified atom stereocenters. The second-order valence-electron chi connectivity index (χ2n) is 4.53. The lowest BCUT2D eigenvalue weighted by atomic mass is 10.2. The Balaban J connectivity index is 1.72. The first-order valence-electron chi connectivity index (χ1n) is 6.38. The van der Waals surface area contributed by atoms with Crippen LogP contribution in [0, 0.1) is 0 Å². The van der Waals surface area contributed by atoms with Gasteiger partial charge in [-0.25, -0.2) is 0 Å². The SMILES string of the molecule is O=C(CCCCl)N1CCN(Cc2ccco2)CC1. The van der Waals surface area contributed by atoms with Gasteiger partial charge in [0.2, 0.25) is 5.91 Å². The van der Waals surface area contributed by atoms with Gasteiger partial charge in [-0.1, -0.05) is 0 Å². The van der Waals surface area contributed by atoms with Crippen molar-refractivity contribution in [1.29, 1.82) is 0 Å². The zero-order valence-corrected chi connectivity index (χ0v) is 11.2. The van der Waals surface area contributed by atoms with Crippen molar-refractivity contribution < 1.29 is 9.21 Å². The molecule has 0 spiro atoms. The minimum atomic E-state index is 0.230. The molecule has 1 aromatic heterocycles. The molecule has 0 bridgehead atoms. The van der Waals surface area contributed by atoms with Gasteiger partial charge in [0, 0.05) is 38.5 Å². The van der Waals surface area contributed by atoms with Gasteiger partial charge in [-0.15, -0.1) is 11.6 Å². The number of hydrogen-bond acceptors (Lipinski definition) is 3. The fourth-order valence-electron chi connectivity index (χ4n) is 2.15. The predicted molar refractivity (Wildman–Crippen MR) is 70.5 cm³/mol. The van der Waals surface area contributed by atoms with Crippen molar-refractivity contribution in [3.63, 3.8) is 0 Å². The van der Waals surface area contributed by atoms with Crippen molar-refractivity contribution in [3.8, 4) is 0 Å². The van der Waals surface area contributed by atoms with Crippen molar-refractivity contribution in [1.82, 2.24) is 9.80 Å². The van der Waals surface area contributed by atoms with Gasteiger partial charge < -0.3 is 9.32 Å². The van der Waals surface area contributed by atoms with Crippen molar-refractivity contribution in [2.24, 2.45) is 0 Å². The average molecular weight is 271 g/mol. The van der Waals surface area contributed by atoms with E-state index in [0.717, 1.165) is 44.9 Å². The van der Waals surface area contributed by atoms with E-state index in [0.29, 0.717) is 12.3 Å². The molecule has 18 heavy (non-hydrogen) atoms. The third-order valence-electron chi connectivity index (χ3n) is 3.21. The van der Waals surface area contributed by atoms with Crippen LogP contribution in [0.15, 0.2) is 22.8 Å². The van der Waals surface area contributed by atoms with E-state index in [4.69, 9.17) is 16.0 Å². The summed E-state index contributed by atoms with van der Waals surface area (Å²) < 4.78 is 5.33. The number of hydrogen-bond donors (Lipinski definition) is 0. The third-order valence-corrected chi connectivity index (χ3v) is 3.48. The summed E-state index contributed by atoms with van der Waals surface area (Å²) in [6.45, 7) is 4.26. The molecule has 1 fully saturated rings. The van der Waals surface area contributed by atoms with Crippen molar-refractivity contribution in [3.05, 3.63) is 24.2 Å². The molecule has 1 amide bonds. The van der Waals surface area contributed by atoms with Gasteiger partial charge in [0.25, 0.3) is 0 Å². The quantitative estimate of drug-likeness (QED) is 0.768. The molecule has 2 rings (SSSR count). The first kappa shape index (κ1) is 13.4. The highest BCUT2D eigenvalue weighted by Gasteiger charge is 2.20. The zero-order valence-electron chi connectivity index (χ0n) is 10.5. The molecular formula is C13H19ClN2O2. The van der Waals surface area contributed by atoms with E-state index >= 15 is 0 Å². The Morgan fingerprint density at radius 1 is 1.33 bits per heavy atom. The van der Waals surface area contributed by atoms with Crippen molar-refractivity contribution in [2.75, 3.05) is 32.1 Å². The molecule has 100 valence electrons. The summed E-state index contributed by atoms with van der Waals surface area (Å²) in [5.74, 6) is 1.77. The molecule has 1 aromatic rings. The monoisotopic (exact) mass is 270 g/mol. The van der Waals surface area contributed by atoms with Crippen LogP contribution in [0.2, 0.25) is 0 Å². The van der Waals surface area contributed by atoms with Gasteiger partial charge in [0.15, 0.2) is 0 Å². The number of alkyl halides is 1. The fourth-order valence-corrected chi connectivity index (χ4v) is 2.29. The summed E-state index contributed by atoms with van der Waals surface area (Å²) in [5.41, 5.74) is 0. The number of carbonyl (C=O) groups is 1. The molecule has 0 aliphatic carbocycles. The molecule has 1 aliphatic heterocycles. The fraction of sp³-hybridized carbons (Fsp3) is 0.615. The molecule has 2 heterocycles. The Kier molecular flexibility index (Phi) is 5.08. The van der Waals surface area contributed by atoms with E-state index in [1.165, 1.54) is 0 Å². The van der Waals surface area contributed by atoms with Crippen molar-refractivity contribution >= 4 is 17.5 Å². The van der Waals surface area contributed by atoms with Crippen LogP contribution in [0.4, 0.5) is 0 Å². The Morgan fingerprint density at radius 3 is 2.72 bits per heavy atom. The predicted octanol–water partition coefficient (Wildman–Crippen LogP) is 1.94. The van der Waals surface area contributed by atoms with Crippen LogP contribution in [0.5, 0.6) is 0 Å². The van der Waals surface area contributed by atoms with Crippen LogP contribution < -0.4 is 0 Å². The van der Waals surface area contributed by atoms with Crippen LogP contribution in [0.1, 0.15) is 18.6 Å². The summed E-state index contributed by atoms with van der Waals surface area (Å²) >= 11 is 5.60. The van der Waals surface area contributed by atoms with E-state index in [1.54, 1.807) is 6.26 Å². The normalized spacial score (nSPS) is 17.1. The van der Waals surface area contributed by atoms with Crippen LogP contribution in [-0.4, -0.2) is 47.8 Å². The highest BCUT2D eigenvalue weighted by Crippen LogP contribution is 2.10. The molecular weight excluding hydrogens is 252 g/mol. The molecule has 1 aliphatic rings. The minimum Gasteiger partial charge on any atom is -0.468 e. The number of nitrogens with zero attached hydrogens (tertiary/aromatic N) is 2. The summed E-state index contributed by atoms with van der Waals surface area (Å²) in [4.78, 5) is 16.1. The third kappa shape index (κ3) is 3.75. The maximum Gasteiger partial charge on any atom is 0.222 e. The number of rotatable bonds is 5. The van der Waals surface area contributed by atoms with Gasteiger partial charge >= 0.3 is 0 Å². The van der Waals surface area contributed by atoms with Gasteiger partial charge in [-0.3, -0.25) is 9.69 Å². The number of piperazine rings is 1. The van der Waals surface area contributed by atoms with Crippen LogP contribution >= 0.6 is 11.6 Å². The summed E-state index contributed by atoms with van der Waals surface area (Å²) in [6, 6.07) is 3.89. The molecule has 0 saturated carbocycles. The molecule has 4 nitrogen and oxygen atoms in total. The summed E-state index contributed by atoms with van der Waals surface area (Å²) in [7, 11) is 0. The lowest BCUT2D eigenvalue weighted by Crippen LogP contribution is -2.48. The Hall–Kier alpha value is -1.00. The van der Waals surface area contributed by atoms with Gasteiger partial charge in [-0.2, -0.15) is 0 Å². The maximum atomic E-state index is 11.8. The largest absolute Gasteiger partial charge is 0.468 e. The molecule has 0 aromatic carbocycles. The van der Waals surface area contributed by atoms with Crippen LogP contribution in [-0.2, 0) is 11.3 Å². The molecule has 5 heteroatoms. The van der Waals surface area contributed by atoms with Gasteiger partial charge in [-0.05, 0) is 18.6 Å².